The summed E-state index contributed by atoms with van der Waals surface area (Å²) in [5.41, 5.74) is 0.137. The molecule has 1 atom stereocenters. The van der Waals surface area contributed by atoms with Crippen LogP contribution in [0.15, 0.2) is 24.3 Å². The summed E-state index contributed by atoms with van der Waals surface area (Å²) in [6.07, 6.45) is 0. The average molecular weight is 220 g/mol. The van der Waals surface area contributed by atoms with Gasteiger partial charge < -0.3 is 9.47 Å². The summed E-state index contributed by atoms with van der Waals surface area (Å²) in [6.45, 7) is 2.03. The van der Waals surface area contributed by atoms with Gasteiger partial charge in [-0.3, -0.25) is 4.79 Å². The number of carbonyl (C=O) groups is 2. The second-order valence-electron chi connectivity index (χ2n) is 3.80. The van der Waals surface area contributed by atoms with Gasteiger partial charge in [0.05, 0.1) is 13.7 Å². The summed E-state index contributed by atoms with van der Waals surface area (Å²) in [7, 11) is 1.24. The Kier molecular flexibility index (Phi) is 2.52. The van der Waals surface area contributed by atoms with E-state index in [0.717, 1.165) is 5.56 Å². The zero-order valence-electron chi connectivity index (χ0n) is 9.15. The largest absolute Gasteiger partial charge is 0.466 e. The minimum Gasteiger partial charge on any atom is -0.466 e. The van der Waals surface area contributed by atoms with Crippen molar-refractivity contribution in [1.82, 2.24) is 0 Å². The summed E-state index contributed by atoms with van der Waals surface area (Å²) in [5, 5.41) is 0. The molecule has 4 nitrogen and oxygen atoms in total. The van der Waals surface area contributed by atoms with Gasteiger partial charge in [-0.1, -0.05) is 29.8 Å². The van der Waals surface area contributed by atoms with E-state index >= 15 is 0 Å². The topological polar surface area (TPSA) is 55.9 Å². The van der Waals surface area contributed by atoms with Crippen molar-refractivity contribution >= 4 is 11.8 Å². The molecule has 0 radical (unpaired) electrons. The van der Waals surface area contributed by atoms with E-state index < -0.39 is 11.6 Å². The summed E-state index contributed by atoms with van der Waals surface area (Å²) in [6, 6.07) is 7.01. The molecule has 1 fully saturated rings. The van der Waals surface area contributed by atoms with E-state index in [1.165, 1.54) is 7.11 Å². The van der Waals surface area contributed by atoms with Crippen molar-refractivity contribution in [2.75, 3.05) is 13.7 Å². The lowest BCUT2D eigenvalue weighted by atomic mass is 9.98. The minimum atomic E-state index is -1.38. The molecule has 0 N–H and O–H groups in total. The maximum Gasteiger partial charge on any atom is 0.348 e. The third-order valence-corrected chi connectivity index (χ3v) is 2.63. The first-order chi connectivity index (χ1) is 7.60. The van der Waals surface area contributed by atoms with Crippen LogP contribution in [0.25, 0.3) is 0 Å². The summed E-state index contributed by atoms with van der Waals surface area (Å²) < 4.78 is 9.53. The van der Waals surface area contributed by atoms with Gasteiger partial charge in [-0.2, -0.15) is 0 Å². The Morgan fingerprint density at radius 3 is 2.31 bits per heavy atom. The van der Waals surface area contributed by atoms with Crippen LogP contribution in [0.3, 0.4) is 0 Å². The standard InChI is InChI=1S/C12H12O4/c1-8-3-5-9(6-4-8)10(13)12(7-16-12)11(14)15-2/h3-6H,7H2,1-2H3. The van der Waals surface area contributed by atoms with Crippen molar-refractivity contribution in [2.45, 2.75) is 12.5 Å². The number of ether oxygens (including phenoxy) is 2. The van der Waals surface area contributed by atoms with Gasteiger partial charge in [0.1, 0.15) is 0 Å². The predicted molar refractivity (Wildman–Crippen MR) is 56.2 cm³/mol. The van der Waals surface area contributed by atoms with Crippen LogP contribution in [0.4, 0.5) is 0 Å². The number of aryl methyl sites for hydroxylation is 1. The van der Waals surface area contributed by atoms with E-state index in [1.807, 2.05) is 19.1 Å². The molecular weight excluding hydrogens is 208 g/mol. The molecule has 1 aliphatic rings. The first-order valence-electron chi connectivity index (χ1n) is 4.94. The molecule has 84 valence electrons. The third kappa shape index (κ3) is 1.61. The molecule has 16 heavy (non-hydrogen) atoms. The van der Waals surface area contributed by atoms with Gasteiger partial charge in [0.25, 0.3) is 5.60 Å². The zero-order chi connectivity index (χ0) is 11.8. The lowest BCUT2D eigenvalue weighted by Crippen LogP contribution is -2.35. The van der Waals surface area contributed by atoms with E-state index in [0.29, 0.717) is 5.56 Å². The number of benzene rings is 1. The molecule has 0 spiro atoms. The van der Waals surface area contributed by atoms with Crippen molar-refractivity contribution in [3.05, 3.63) is 35.4 Å². The van der Waals surface area contributed by atoms with E-state index in [9.17, 15) is 9.59 Å². The van der Waals surface area contributed by atoms with Crippen molar-refractivity contribution in [1.29, 1.82) is 0 Å². The number of carbonyl (C=O) groups excluding carboxylic acids is 2. The number of epoxide rings is 1. The fourth-order valence-corrected chi connectivity index (χ4v) is 1.52. The highest BCUT2D eigenvalue weighted by molar-refractivity contribution is 6.17. The maximum absolute atomic E-state index is 12.0. The molecule has 0 bridgehead atoms. The van der Waals surface area contributed by atoms with Crippen LogP contribution in [0.5, 0.6) is 0 Å². The van der Waals surface area contributed by atoms with Gasteiger partial charge >= 0.3 is 5.97 Å². The van der Waals surface area contributed by atoms with Gasteiger partial charge in [0, 0.05) is 5.56 Å². The highest BCUT2D eigenvalue weighted by Gasteiger charge is 2.60. The summed E-state index contributed by atoms with van der Waals surface area (Å²) >= 11 is 0. The monoisotopic (exact) mass is 220 g/mol. The fraction of sp³-hybridized carbons (Fsp3) is 0.333. The average Bonchev–Trinajstić information content (AvgIpc) is 3.09. The Bertz CT molecular complexity index is 429. The van der Waals surface area contributed by atoms with E-state index in [4.69, 9.17) is 4.74 Å². The second kappa shape index (κ2) is 3.72. The molecule has 1 aromatic rings. The number of hydrogen-bond donors (Lipinski definition) is 0. The highest BCUT2D eigenvalue weighted by Crippen LogP contribution is 2.32. The molecule has 0 amide bonds. The van der Waals surface area contributed by atoms with Crippen molar-refractivity contribution in [3.8, 4) is 0 Å². The molecule has 1 heterocycles. The lowest BCUT2D eigenvalue weighted by molar-refractivity contribution is -0.144. The van der Waals surface area contributed by atoms with Gasteiger partial charge in [-0.05, 0) is 6.92 Å². The molecular formula is C12H12O4. The molecule has 2 rings (SSSR count). The van der Waals surface area contributed by atoms with Crippen LogP contribution < -0.4 is 0 Å². The van der Waals surface area contributed by atoms with Crippen LogP contribution in [0, 0.1) is 6.92 Å². The normalized spacial score (nSPS) is 22.6. The maximum atomic E-state index is 12.0. The first-order valence-corrected chi connectivity index (χ1v) is 4.94. The lowest BCUT2D eigenvalue weighted by Gasteiger charge is -2.08. The van der Waals surface area contributed by atoms with Gasteiger partial charge in [0.15, 0.2) is 0 Å². The molecule has 4 heteroatoms. The van der Waals surface area contributed by atoms with E-state index in [2.05, 4.69) is 4.74 Å². The Morgan fingerprint density at radius 1 is 1.31 bits per heavy atom. The molecule has 0 aliphatic carbocycles. The molecule has 1 saturated heterocycles. The summed E-state index contributed by atoms with van der Waals surface area (Å²) in [5.74, 6) is -0.961. The Balaban J connectivity index is 2.26. The first kappa shape index (κ1) is 10.8. The zero-order valence-corrected chi connectivity index (χ0v) is 9.15. The van der Waals surface area contributed by atoms with Crippen LogP contribution >= 0.6 is 0 Å². The molecule has 1 unspecified atom stereocenters. The molecule has 0 saturated carbocycles. The second-order valence-corrected chi connectivity index (χ2v) is 3.80. The van der Waals surface area contributed by atoms with Gasteiger partial charge in [0.2, 0.25) is 5.78 Å². The SMILES string of the molecule is COC(=O)C1(C(=O)c2ccc(C)cc2)CO1. The molecule has 1 aromatic carbocycles. The molecule has 1 aliphatic heterocycles. The smallest absolute Gasteiger partial charge is 0.348 e. The number of hydrogen-bond acceptors (Lipinski definition) is 4. The van der Waals surface area contributed by atoms with Crippen molar-refractivity contribution in [3.63, 3.8) is 0 Å². The summed E-state index contributed by atoms with van der Waals surface area (Å²) in [4.78, 5) is 23.4. The minimum absolute atomic E-state index is 0.104. The van der Waals surface area contributed by atoms with Crippen LogP contribution in [-0.4, -0.2) is 31.1 Å². The Labute approximate surface area is 93.2 Å². The fourth-order valence-electron chi connectivity index (χ4n) is 1.52. The van der Waals surface area contributed by atoms with E-state index in [-0.39, 0.29) is 12.4 Å². The number of methoxy groups -OCH3 is 1. The Hall–Kier alpha value is -1.68. The number of esters is 1. The van der Waals surface area contributed by atoms with E-state index in [1.54, 1.807) is 12.1 Å². The van der Waals surface area contributed by atoms with Crippen LogP contribution in [0.2, 0.25) is 0 Å². The number of rotatable bonds is 3. The quantitative estimate of drug-likeness (QED) is 0.331. The van der Waals surface area contributed by atoms with Crippen LogP contribution in [0.1, 0.15) is 15.9 Å². The van der Waals surface area contributed by atoms with Crippen molar-refractivity contribution in [2.24, 2.45) is 0 Å². The number of Topliss-reactive ketones (excluding diaryl/α,β-unsaturated/α-hetero) is 1. The molecule has 0 aromatic heterocycles. The van der Waals surface area contributed by atoms with Gasteiger partial charge in [-0.25, -0.2) is 4.79 Å². The third-order valence-electron chi connectivity index (χ3n) is 2.63. The van der Waals surface area contributed by atoms with Gasteiger partial charge in [-0.15, -0.1) is 0 Å². The predicted octanol–water partition coefficient (Wildman–Crippen LogP) is 1.12. The highest BCUT2D eigenvalue weighted by atomic mass is 16.6. The Morgan fingerprint density at radius 2 is 1.88 bits per heavy atom. The van der Waals surface area contributed by atoms with Crippen LogP contribution in [-0.2, 0) is 14.3 Å². The number of ketones is 1. The van der Waals surface area contributed by atoms with Crippen molar-refractivity contribution < 1.29 is 19.1 Å².